The molecular weight excluding hydrogens is 282 g/mol. The number of nitrogens with one attached hydrogen (secondary N) is 1. The largest absolute Gasteiger partial charge is 0.481 e. The molecule has 20 heavy (non-hydrogen) atoms. The van der Waals surface area contributed by atoms with Crippen LogP contribution in [0.1, 0.15) is 19.4 Å². The fourth-order valence-electron chi connectivity index (χ4n) is 1.50. The number of hydrogen-bond acceptors (Lipinski definition) is 4. The minimum Gasteiger partial charge on any atom is -0.481 e. The second kappa shape index (κ2) is 7.75. The highest BCUT2D eigenvalue weighted by molar-refractivity contribution is 6.30. The Morgan fingerprint density at radius 3 is 2.70 bits per heavy atom. The van der Waals surface area contributed by atoms with Crippen LogP contribution in [-0.4, -0.2) is 31.1 Å². The van der Waals surface area contributed by atoms with Crippen LogP contribution in [-0.2, 0) is 14.3 Å². The Kier molecular flexibility index (Phi) is 6.31. The molecule has 0 saturated carbocycles. The molecule has 5 nitrogen and oxygen atoms in total. The first kappa shape index (κ1) is 16.3. The second-order valence-electron chi connectivity index (χ2n) is 4.19. The quantitative estimate of drug-likeness (QED) is 0.817. The Labute approximate surface area is 123 Å². The summed E-state index contributed by atoms with van der Waals surface area (Å²) in [5, 5.41) is 3.06. The van der Waals surface area contributed by atoms with Gasteiger partial charge < -0.3 is 14.8 Å². The van der Waals surface area contributed by atoms with Crippen LogP contribution in [0, 0.1) is 6.92 Å². The molecule has 6 heteroatoms. The normalized spacial score (nSPS) is 11.6. The molecule has 1 N–H and O–H groups in total. The number of esters is 1. The fourth-order valence-corrected chi connectivity index (χ4v) is 1.73. The van der Waals surface area contributed by atoms with Gasteiger partial charge in [-0.05, 0) is 44.5 Å². The van der Waals surface area contributed by atoms with Gasteiger partial charge >= 0.3 is 5.97 Å². The van der Waals surface area contributed by atoms with E-state index in [9.17, 15) is 9.59 Å². The Hall–Kier alpha value is -1.75. The van der Waals surface area contributed by atoms with Crippen LogP contribution in [0.2, 0.25) is 5.02 Å². The predicted molar refractivity (Wildman–Crippen MR) is 75.9 cm³/mol. The van der Waals surface area contributed by atoms with Crippen molar-refractivity contribution in [2.75, 3.05) is 13.2 Å². The molecule has 1 amide bonds. The first-order chi connectivity index (χ1) is 9.43. The first-order valence-electron chi connectivity index (χ1n) is 6.30. The molecule has 0 aromatic heterocycles. The van der Waals surface area contributed by atoms with Crippen LogP contribution < -0.4 is 10.1 Å². The van der Waals surface area contributed by atoms with Crippen molar-refractivity contribution in [3.63, 3.8) is 0 Å². The summed E-state index contributed by atoms with van der Waals surface area (Å²) in [5.74, 6) is -0.281. The lowest BCUT2D eigenvalue weighted by molar-refractivity contribution is -0.144. The zero-order chi connectivity index (χ0) is 15.1. The van der Waals surface area contributed by atoms with E-state index in [-0.39, 0.29) is 19.1 Å². The van der Waals surface area contributed by atoms with E-state index in [1.807, 2.05) is 6.92 Å². The second-order valence-corrected chi connectivity index (χ2v) is 4.63. The van der Waals surface area contributed by atoms with E-state index in [1.165, 1.54) is 0 Å². The van der Waals surface area contributed by atoms with Gasteiger partial charge in [0.05, 0.1) is 6.61 Å². The number of benzene rings is 1. The first-order valence-corrected chi connectivity index (χ1v) is 6.68. The van der Waals surface area contributed by atoms with Crippen LogP contribution in [0.3, 0.4) is 0 Å². The van der Waals surface area contributed by atoms with E-state index in [2.05, 4.69) is 5.32 Å². The minimum absolute atomic E-state index is 0.167. The summed E-state index contributed by atoms with van der Waals surface area (Å²) < 4.78 is 10.2. The molecular formula is C14H18ClNO4. The Morgan fingerprint density at radius 2 is 2.10 bits per heavy atom. The zero-order valence-electron chi connectivity index (χ0n) is 11.7. The SMILES string of the molecule is CCOC(=O)CNC(=O)C(C)Oc1ccc(Cl)cc1C. The fraction of sp³-hybridized carbons (Fsp3) is 0.429. The van der Waals surface area contributed by atoms with E-state index < -0.39 is 12.1 Å². The smallest absolute Gasteiger partial charge is 0.325 e. The summed E-state index contributed by atoms with van der Waals surface area (Å²) in [6.07, 6.45) is -0.718. The van der Waals surface area contributed by atoms with E-state index in [4.69, 9.17) is 21.1 Å². The van der Waals surface area contributed by atoms with Crippen LogP contribution in [0.5, 0.6) is 5.75 Å². The Balaban J connectivity index is 2.51. The zero-order valence-corrected chi connectivity index (χ0v) is 12.5. The van der Waals surface area contributed by atoms with Gasteiger partial charge in [-0.25, -0.2) is 0 Å². The molecule has 0 spiro atoms. The molecule has 110 valence electrons. The van der Waals surface area contributed by atoms with Gasteiger partial charge in [0.1, 0.15) is 12.3 Å². The molecule has 0 aliphatic carbocycles. The third-order valence-electron chi connectivity index (χ3n) is 2.52. The lowest BCUT2D eigenvalue weighted by Crippen LogP contribution is -2.39. The van der Waals surface area contributed by atoms with Crippen molar-refractivity contribution in [1.82, 2.24) is 5.32 Å². The van der Waals surface area contributed by atoms with Crippen molar-refractivity contribution < 1.29 is 19.1 Å². The monoisotopic (exact) mass is 299 g/mol. The van der Waals surface area contributed by atoms with Crippen molar-refractivity contribution in [3.8, 4) is 5.75 Å². The van der Waals surface area contributed by atoms with Gasteiger partial charge in [0.15, 0.2) is 6.10 Å². The third kappa shape index (κ3) is 5.09. The van der Waals surface area contributed by atoms with Crippen LogP contribution in [0.25, 0.3) is 0 Å². The lowest BCUT2D eigenvalue weighted by atomic mass is 10.2. The van der Waals surface area contributed by atoms with Gasteiger partial charge in [0.25, 0.3) is 5.91 Å². The van der Waals surface area contributed by atoms with Crippen molar-refractivity contribution in [1.29, 1.82) is 0 Å². The molecule has 0 bridgehead atoms. The van der Waals surface area contributed by atoms with Crippen molar-refractivity contribution in [2.24, 2.45) is 0 Å². The van der Waals surface area contributed by atoms with Crippen molar-refractivity contribution >= 4 is 23.5 Å². The number of amides is 1. The molecule has 0 aliphatic rings. The molecule has 0 fully saturated rings. The topological polar surface area (TPSA) is 64.6 Å². The number of ether oxygens (including phenoxy) is 2. The molecule has 0 heterocycles. The van der Waals surface area contributed by atoms with Gasteiger partial charge in [-0.3, -0.25) is 9.59 Å². The predicted octanol–water partition coefficient (Wildman–Crippen LogP) is 2.10. The number of halogens is 1. The molecule has 0 aliphatic heterocycles. The molecule has 0 radical (unpaired) electrons. The number of hydrogen-bond donors (Lipinski definition) is 1. The summed E-state index contributed by atoms with van der Waals surface area (Å²) in [6, 6.07) is 5.14. The van der Waals surface area contributed by atoms with Gasteiger partial charge in [-0.1, -0.05) is 11.6 Å². The molecule has 0 saturated heterocycles. The van der Waals surface area contributed by atoms with Gasteiger partial charge in [-0.15, -0.1) is 0 Å². The minimum atomic E-state index is -0.718. The van der Waals surface area contributed by atoms with E-state index in [0.29, 0.717) is 10.8 Å². The number of rotatable bonds is 6. The lowest BCUT2D eigenvalue weighted by Gasteiger charge is -2.16. The maximum absolute atomic E-state index is 11.8. The highest BCUT2D eigenvalue weighted by atomic mass is 35.5. The van der Waals surface area contributed by atoms with Crippen LogP contribution in [0.15, 0.2) is 18.2 Å². The summed E-state index contributed by atoms with van der Waals surface area (Å²) in [6.45, 7) is 5.26. The molecule has 1 aromatic rings. The highest BCUT2D eigenvalue weighted by Crippen LogP contribution is 2.22. The van der Waals surface area contributed by atoms with E-state index in [0.717, 1.165) is 5.56 Å². The standard InChI is InChI=1S/C14H18ClNO4/c1-4-19-13(17)8-16-14(18)10(3)20-12-6-5-11(15)7-9(12)2/h5-7,10H,4,8H2,1-3H3,(H,16,18). The number of carbonyl (C=O) groups is 2. The molecule has 1 unspecified atom stereocenters. The maximum atomic E-state index is 11.8. The molecule has 1 atom stereocenters. The van der Waals surface area contributed by atoms with Crippen LogP contribution in [0.4, 0.5) is 0 Å². The Bertz CT molecular complexity index is 490. The summed E-state index contributed by atoms with van der Waals surface area (Å²) >= 11 is 5.84. The number of carbonyl (C=O) groups excluding carboxylic acids is 2. The van der Waals surface area contributed by atoms with Gasteiger partial charge in [-0.2, -0.15) is 0 Å². The summed E-state index contributed by atoms with van der Waals surface area (Å²) in [4.78, 5) is 22.9. The summed E-state index contributed by atoms with van der Waals surface area (Å²) in [5.41, 5.74) is 0.836. The van der Waals surface area contributed by atoms with Crippen molar-refractivity contribution in [2.45, 2.75) is 26.9 Å². The molecule has 1 rings (SSSR count). The maximum Gasteiger partial charge on any atom is 0.325 e. The van der Waals surface area contributed by atoms with Gasteiger partial charge in [0, 0.05) is 5.02 Å². The van der Waals surface area contributed by atoms with Crippen molar-refractivity contribution in [3.05, 3.63) is 28.8 Å². The molecule has 1 aromatic carbocycles. The van der Waals surface area contributed by atoms with E-state index in [1.54, 1.807) is 32.0 Å². The van der Waals surface area contributed by atoms with Crippen LogP contribution >= 0.6 is 11.6 Å². The number of aryl methyl sites for hydroxylation is 1. The Morgan fingerprint density at radius 1 is 1.40 bits per heavy atom. The van der Waals surface area contributed by atoms with Gasteiger partial charge in [0.2, 0.25) is 0 Å². The average Bonchev–Trinajstić information content (AvgIpc) is 2.39. The highest BCUT2D eigenvalue weighted by Gasteiger charge is 2.16. The average molecular weight is 300 g/mol. The van der Waals surface area contributed by atoms with E-state index >= 15 is 0 Å². The third-order valence-corrected chi connectivity index (χ3v) is 2.76. The summed E-state index contributed by atoms with van der Waals surface area (Å²) in [7, 11) is 0.